The number of rotatable bonds is 16. The van der Waals surface area contributed by atoms with Crippen molar-refractivity contribution >= 4 is 31.2 Å². The highest BCUT2D eigenvalue weighted by molar-refractivity contribution is 7.92. The van der Waals surface area contributed by atoms with E-state index in [1.807, 2.05) is 20.8 Å². The third-order valence-corrected chi connectivity index (χ3v) is 10.3. The lowest BCUT2D eigenvalue weighted by atomic mass is 10.0. The molecule has 0 fully saturated rings. The maximum absolute atomic E-state index is 13.4. The van der Waals surface area contributed by atoms with Crippen molar-refractivity contribution in [3.05, 3.63) is 40.1 Å². The van der Waals surface area contributed by atoms with Gasteiger partial charge in [-0.05, 0) is 57.7 Å². The number of carboxylic acids is 1. The number of ether oxygens (including phenoxy) is 1. The molecule has 0 aliphatic carbocycles. The van der Waals surface area contributed by atoms with Gasteiger partial charge >= 0.3 is 5.97 Å². The molecule has 2 unspecified atom stereocenters. The van der Waals surface area contributed by atoms with Crippen LogP contribution in [0.25, 0.3) is 16.9 Å². The van der Waals surface area contributed by atoms with E-state index in [4.69, 9.17) is 9.52 Å². The van der Waals surface area contributed by atoms with Crippen molar-refractivity contribution in [2.45, 2.75) is 83.6 Å². The molecule has 0 bridgehead atoms. The Hall–Kier alpha value is -3.30. The number of unbranched alkanes of at least 4 members (excludes halogenated alkanes) is 1. The zero-order chi connectivity index (χ0) is 31.2. The van der Waals surface area contributed by atoms with Crippen molar-refractivity contribution in [3.63, 3.8) is 0 Å². The first-order valence-corrected chi connectivity index (χ1v) is 17.4. The molecular weight excluding hydrogens is 584 g/mol. The minimum Gasteiger partial charge on any atom is -0.493 e. The quantitative estimate of drug-likeness (QED) is 0.184. The predicted octanol–water partition coefficient (Wildman–Crippen LogP) is 3.66. The first kappa shape index (κ1) is 33.2. The van der Waals surface area contributed by atoms with E-state index in [1.54, 1.807) is 13.8 Å². The van der Waals surface area contributed by atoms with Crippen LogP contribution in [-0.4, -0.2) is 67.4 Å². The molecule has 4 N–H and O–H groups in total. The van der Waals surface area contributed by atoms with E-state index in [0.717, 1.165) is 19.3 Å². The molecule has 13 nitrogen and oxygen atoms in total. The Morgan fingerprint density at radius 1 is 1.17 bits per heavy atom. The molecule has 1 aromatic carbocycles. The van der Waals surface area contributed by atoms with Crippen molar-refractivity contribution in [1.82, 2.24) is 24.3 Å². The summed E-state index contributed by atoms with van der Waals surface area (Å²) in [5.41, 5.74) is 0.539. The second-order valence-electron chi connectivity index (χ2n) is 10.1. The summed E-state index contributed by atoms with van der Waals surface area (Å²) in [5.74, 6) is -0.597. The molecule has 15 heteroatoms. The van der Waals surface area contributed by atoms with Gasteiger partial charge in [0.25, 0.3) is 5.56 Å². The maximum Gasteiger partial charge on any atom is 0.321 e. The van der Waals surface area contributed by atoms with E-state index < -0.39 is 37.3 Å². The van der Waals surface area contributed by atoms with Crippen LogP contribution >= 0.6 is 0 Å². The van der Waals surface area contributed by atoms with E-state index >= 15 is 0 Å². The van der Waals surface area contributed by atoms with Crippen LogP contribution in [0, 0.1) is 11.7 Å². The van der Waals surface area contributed by atoms with E-state index in [1.165, 1.54) is 22.7 Å². The summed E-state index contributed by atoms with van der Waals surface area (Å²) in [6.45, 7) is 9.65. The van der Waals surface area contributed by atoms with Crippen molar-refractivity contribution in [1.29, 1.82) is 4.78 Å². The third-order valence-electron chi connectivity index (χ3n) is 7.03. The van der Waals surface area contributed by atoms with Crippen LogP contribution in [0.5, 0.6) is 5.75 Å². The number of carboxylic acid groups (broad SMARTS) is 1. The molecule has 232 valence electrons. The number of carbonyl (C=O) groups is 1. The van der Waals surface area contributed by atoms with E-state index in [2.05, 4.69) is 19.8 Å². The number of hydrogen-bond acceptors (Lipinski definition) is 9. The van der Waals surface area contributed by atoms with Crippen molar-refractivity contribution < 1.29 is 27.3 Å². The van der Waals surface area contributed by atoms with Gasteiger partial charge in [-0.15, -0.1) is 5.10 Å². The van der Waals surface area contributed by atoms with Crippen LogP contribution in [0.2, 0.25) is 0 Å². The van der Waals surface area contributed by atoms with E-state index in [9.17, 15) is 27.3 Å². The number of sulfonamides is 1. The number of aromatic nitrogens is 4. The highest BCUT2D eigenvalue weighted by Gasteiger charge is 2.28. The molecule has 0 spiro atoms. The predicted molar refractivity (Wildman–Crippen MR) is 160 cm³/mol. The van der Waals surface area contributed by atoms with Gasteiger partial charge in [-0.1, -0.05) is 27.2 Å². The Kier molecular flexibility index (Phi) is 10.9. The van der Waals surface area contributed by atoms with Crippen LogP contribution in [0.3, 0.4) is 0 Å². The molecule has 2 aromatic heterocycles. The van der Waals surface area contributed by atoms with Crippen molar-refractivity contribution in [2.75, 3.05) is 18.1 Å². The van der Waals surface area contributed by atoms with Gasteiger partial charge in [0.05, 0.1) is 22.8 Å². The minimum absolute atomic E-state index is 0.0453. The van der Waals surface area contributed by atoms with Crippen LogP contribution in [-0.2, 0) is 24.5 Å². The normalized spacial score (nSPS) is 14.2. The Bertz CT molecular complexity index is 1690. The van der Waals surface area contributed by atoms with Gasteiger partial charge in [0, 0.05) is 27.2 Å². The fourth-order valence-electron chi connectivity index (χ4n) is 4.65. The standard InChI is InChI=1S/C27H40N6O7S2/c1-6-10-14-41(28,37)15-13-21(27(35)36)32-42(38,39)19-11-12-22(40-9-4)20(16-19)24-30-26(34)23-17(5)29-25(33(23)31-24)18(7-2)8-3/h11-12,16,18,21,28,32H,6-10,13-15H2,1-5H3,(H,35,36)(H,30,31,34). The summed E-state index contributed by atoms with van der Waals surface area (Å²) in [5, 5.41) is 14.3. The molecule has 0 aliphatic rings. The number of fused-ring (bicyclic) bond motifs is 1. The number of hydrogen-bond donors (Lipinski definition) is 4. The maximum atomic E-state index is 13.4. The average molecular weight is 625 g/mol. The van der Waals surface area contributed by atoms with Crippen LogP contribution < -0.4 is 15.0 Å². The number of aromatic amines is 1. The second kappa shape index (κ2) is 13.8. The molecular formula is C27H40N6O7S2. The summed E-state index contributed by atoms with van der Waals surface area (Å²) >= 11 is 0. The van der Waals surface area contributed by atoms with Gasteiger partial charge in [0.1, 0.15) is 17.6 Å². The Morgan fingerprint density at radius 2 is 1.86 bits per heavy atom. The van der Waals surface area contributed by atoms with Crippen molar-refractivity contribution in [3.8, 4) is 17.1 Å². The van der Waals surface area contributed by atoms with E-state index in [-0.39, 0.29) is 52.5 Å². The molecule has 2 atom stereocenters. The summed E-state index contributed by atoms with van der Waals surface area (Å²) in [4.78, 5) is 32.1. The Labute approximate surface area is 246 Å². The minimum atomic E-state index is -4.41. The van der Waals surface area contributed by atoms with Gasteiger partial charge in [-0.25, -0.2) is 22.1 Å². The molecule has 0 aliphatic heterocycles. The SMILES string of the molecule is CCCCS(=N)(=O)CCC(NS(=O)(=O)c1ccc(OCC)c(-c2nn3c(C(CC)CC)nc(C)c3c(=O)[nH]2)c1)C(=O)O. The Morgan fingerprint density at radius 3 is 2.45 bits per heavy atom. The molecule has 3 rings (SSSR count). The fourth-order valence-corrected chi connectivity index (χ4v) is 7.48. The van der Waals surface area contributed by atoms with Gasteiger partial charge in [0.15, 0.2) is 11.3 Å². The number of nitrogens with one attached hydrogen (secondary N) is 3. The number of benzene rings is 1. The number of nitrogens with zero attached hydrogens (tertiary/aromatic N) is 3. The summed E-state index contributed by atoms with van der Waals surface area (Å²) in [6, 6.07) is 2.34. The van der Waals surface area contributed by atoms with Gasteiger partial charge in [-0.2, -0.15) is 4.72 Å². The number of aryl methyl sites for hydroxylation is 1. The van der Waals surface area contributed by atoms with Gasteiger partial charge in [0.2, 0.25) is 10.0 Å². The van der Waals surface area contributed by atoms with Crippen LogP contribution in [0.1, 0.15) is 77.2 Å². The number of H-pyrrole nitrogens is 1. The smallest absolute Gasteiger partial charge is 0.321 e. The molecule has 0 saturated carbocycles. The lowest BCUT2D eigenvalue weighted by molar-refractivity contribution is -0.139. The van der Waals surface area contributed by atoms with Crippen LogP contribution in [0.15, 0.2) is 27.9 Å². The fraction of sp³-hybridized carbons (Fsp3) is 0.556. The third kappa shape index (κ3) is 7.55. The monoisotopic (exact) mass is 624 g/mol. The number of imidazole rings is 1. The average Bonchev–Trinajstić information content (AvgIpc) is 3.27. The lowest BCUT2D eigenvalue weighted by Crippen LogP contribution is -2.41. The van der Waals surface area contributed by atoms with Crippen molar-refractivity contribution in [2.24, 2.45) is 0 Å². The molecule has 42 heavy (non-hydrogen) atoms. The molecule has 0 radical (unpaired) electrons. The molecule has 3 aromatic rings. The van der Waals surface area contributed by atoms with Gasteiger partial charge in [-0.3, -0.25) is 14.4 Å². The first-order chi connectivity index (χ1) is 19.8. The lowest BCUT2D eigenvalue weighted by Gasteiger charge is -2.17. The highest BCUT2D eigenvalue weighted by Crippen LogP contribution is 2.31. The topological polar surface area (TPSA) is 197 Å². The zero-order valence-corrected chi connectivity index (χ0v) is 26.2. The van der Waals surface area contributed by atoms with Crippen LogP contribution in [0.4, 0.5) is 0 Å². The Balaban J connectivity index is 2.07. The highest BCUT2D eigenvalue weighted by atomic mass is 32.2. The largest absolute Gasteiger partial charge is 0.493 e. The van der Waals surface area contributed by atoms with Gasteiger partial charge < -0.3 is 14.8 Å². The number of aliphatic carboxylic acids is 1. The summed E-state index contributed by atoms with van der Waals surface area (Å²) in [7, 11) is -7.45. The molecule has 0 amide bonds. The summed E-state index contributed by atoms with van der Waals surface area (Å²) in [6.07, 6.45) is 2.54. The first-order valence-electron chi connectivity index (χ1n) is 14.0. The second-order valence-corrected chi connectivity index (χ2v) is 14.3. The zero-order valence-electron chi connectivity index (χ0n) is 24.6. The molecule has 2 heterocycles. The summed E-state index contributed by atoms with van der Waals surface area (Å²) < 4.78 is 56.6. The molecule has 0 saturated heterocycles. The van der Waals surface area contributed by atoms with E-state index in [0.29, 0.717) is 23.5 Å².